The molecule has 2 N–H and O–H groups in total. The van der Waals surface area contributed by atoms with Crippen LogP contribution in [0, 0.1) is 6.92 Å². The fraction of sp³-hybridized carbons (Fsp3) is 0.385. The van der Waals surface area contributed by atoms with E-state index in [-0.39, 0.29) is 0 Å². The minimum absolute atomic E-state index is 0.429. The van der Waals surface area contributed by atoms with Crippen LogP contribution >= 0.6 is 0 Å². The Bertz CT molecular complexity index is 507. The average molecular weight is 246 g/mol. The van der Waals surface area contributed by atoms with E-state index >= 15 is 0 Å². The van der Waals surface area contributed by atoms with E-state index in [0.717, 1.165) is 23.6 Å². The number of H-pyrrole nitrogens is 1. The van der Waals surface area contributed by atoms with E-state index in [4.69, 9.17) is 4.74 Å². The van der Waals surface area contributed by atoms with Gasteiger partial charge in [-0.25, -0.2) is 0 Å². The Labute approximate surface area is 107 Å². The van der Waals surface area contributed by atoms with Crippen molar-refractivity contribution in [1.29, 1.82) is 0 Å². The Balaban J connectivity index is 2.11. The molecule has 0 aromatic carbocycles. The molecule has 5 nitrogen and oxygen atoms in total. The second-order valence-corrected chi connectivity index (χ2v) is 4.51. The highest BCUT2D eigenvalue weighted by Gasteiger charge is 2.07. The molecule has 0 aliphatic carbocycles. The molecule has 0 fully saturated rings. The molecule has 0 spiro atoms. The lowest BCUT2D eigenvalue weighted by molar-refractivity contribution is 0.448. The first-order valence-electron chi connectivity index (χ1n) is 6.01. The van der Waals surface area contributed by atoms with Gasteiger partial charge in [0, 0.05) is 36.1 Å². The van der Waals surface area contributed by atoms with Crippen LogP contribution in [-0.2, 0) is 6.54 Å². The fourth-order valence-corrected chi connectivity index (χ4v) is 1.52. The number of rotatable bonds is 5. The minimum Gasteiger partial charge on any atom is -0.436 e. The average Bonchev–Trinajstić information content (AvgIpc) is 2.73. The van der Waals surface area contributed by atoms with Gasteiger partial charge in [0.2, 0.25) is 5.88 Å². The summed E-state index contributed by atoms with van der Waals surface area (Å²) in [6.45, 7) is 6.90. The second kappa shape index (κ2) is 5.64. The van der Waals surface area contributed by atoms with Crippen molar-refractivity contribution in [2.75, 3.05) is 0 Å². The summed E-state index contributed by atoms with van der Waals surface area (Å²) in [6, 6.07) is 4.23. The van der Waals surface area contributed by atoms with Crippen LogP contribution in [0.25, 0.3) is 0 Å². The molecule has 0 aliphatic rings. The number of nitrogens with zero attached hydrogens (tertiary/aromatic N) is 2. The summed E-state index contributed by atoms with van der Waals surface area (Å²) in [5.41, 5.74) is 2.04. The van der Waals surface area contributed by atoms with Gasteiger partial charge >= 0.3 is 0 Å². The molecule has 2 aromatic rings. The number of aryl methyl sites for hydroxylation is 1. The maximum absolute atomic E-state index is 5.72. The van der Waals surface area contributed by atoms with E-state index in [9.17, 15) is 0 Å². The van der Waals surface area contributed by atoms with Crippen LogP contribution in [0.1, 0.15) is 25.1 Å². The van der Waals surface area contributed by atoms with Crippen LogP contribution in [0.4, 0.5) is 0 Å². The molecule has 2 aromatic heterocycles. The predicted octanol–water partition coefficient (Wildman–Crippen LogP) is 2.40. The molecule has 0 saturated heterocycles. The summed E-state index contributed by atoms with van der Waals surface area (Å²) in [7, 11) is 0. The number of nitrogens with one attached hydrogen (secondary N) is 2. The maximum atomic E-state index is 5.72. The summed E-state index contributed by atoms with van der Waals surface area (Å²) in [4.78, 5) is 4.08. The van der Waals surface area contributed by atoms with Crippen LogP contribution < -0.4 is 10.1 Å². The van der Waals surface area contributed by atoms with Gasteiger partial charge in [-0.05, 0) is 13.0 Å². The summed E-state index contributed by atoms with van der Waals surface area (Å²) in [6.07, 6.45) is 3.47. The van der Waals surface area contributed by atoms with Gasteiger partial charge in [0.05, 0.1) is 6.20 Å². The van der Waals surface area contributed by atoms with Gasteiger partial charge in [-0.1, -0.05) is 13.8 Å². The molecule has 0 saturated carbocycles. The van der Waals surface area contributed by atoms with Crippen molar-refractivity contribution in [1.82, 2.24) is 20.5 Å². The number of hydrogen-bond acceptors (Lipinski definition) is 4. The van der Waals surface area contributed by atoms with E-state index in [0.29, 0.717) is 11.9 Å². The molecule has 2 rings (SSSR count). The first-order valence-corrected chi connectivity index (χ1v) is 6.01. The summed E-state index contributed by atoms with van der Waals surface area (Å²) in [5.74, 6) is 1.29. The molecule has 5 heteroatoms. The topological polar surface area (TPSA) is 62.8 Å². The van der Waals surface area contributed by atoms with Gasteiger partial charge in [-0.2, -0.15) is 0 Å². The highest BCUT2D eigenvalue weighted by atomic mass is 16.5. The number of hydrogen-bond donors (Lipinski definition) is 2. The number of pyridine rings is 1. The summed E-state index contributed by atoms with van der Waals surface area (Å²) >= 11 is 0. The van der Waals surface area contributed by atoms with Crippen LogP contribution in [0.3, 0.4) is 0 Å². The Kier molecular flexibility index (Phi) is 3.94. The fourth-order valence-electron chi connectivity index (χ4n) is 1.52. The predicted molar refractivity (Wildman–Crippen MR) is 69.6 cm³/mol. The normalized spacial score (nSPS) is 10.9. The molecule has 0 radical (unpaired) electrons. The van der Waals surface area contributed by atoms with Gasteiger partial charge in [0.25, 0.3) is 0 Å². The van der Waals surface area contributed by atoms with Crippen molar-refractivity contribution < 1.29 is 4.74 Å². The van der Waals surface area contributed by atoms with Crippen molar-refractivity contribution >= 4 is 0 Å². The molecule has 0 bridgehead atoms. The lowest BCUT2D eigenvalue weighted by Crippen LogP contribution is -2.22. The van der Waals surface area contributed by atoms with Gasteiger partial charge in [0.1, 0.15) is 0 Å². The zero-order valence-electron chi connectivity index (χ0n) is 10.9. The quantitative estimate of drug-likeness (QED) is 0.850. The first kappa shape index (κ1) is 12.6. The maximum Gasteiger partial charge on any atom is 0.238 e. The van der Waals surface area contributed by atoms with Crippen LogP contribution in [-0.4, -0.2) is 21.2 Å². The zero-order valence-corrected chi connectivity index (χ0v) is 10.9. The molecule has 0 amide bonds. The lowest BCUT2D eigenvalue weighted by atomic mass is 10.2. The van der Waals surface area contributed by atoms with Gasteiger partial charge in [-0.3, -0.25) is 10.1 Å². The molecule has 2 heterocycles. The molecule has 18 heavy (non-hydrogen) atoms. The van der Waals surface area contributed by atoms with Crippen molar-refractivity contribution in [3.8, 4) is 11.6 Å². The highest BCUT2D eigenvalue weighted by molar-refractivity contribution is 5.33. The van der Waals surface area contributed by atoms with Crippen molar-refractivity contribution in [3.05, 3.63) is 35.8 Å². The molecule has 0 unspecified atom stereocenters. The number of aromatic amines is 1. The third-order valence-electron chi connectivity index (χ3n) is 2.47. The second-order valence-electron chi connectivity index (χ2n) is 4.51. The Morgan fingerprint density at radius 2 is 2.28 bits per heavy atom. The Hall–Kier alpha value is -1.88. The van der Waals surface area contributed by atoms with Gasteiger partial charge < -0.3 is 10.1 Å². The van der Waals surface area contributed by atoms with Crippen molar-refractivity contribution in [2.45, 2.75) is 33.4 Å². The van der Waals surface area contributed by atoms with E-state index in [2.05, 4.69) is 34.3 Å². The van der Waals surface area contributed by atoms with Crippen LogP contribution in [0.15, 0.2) is 24.5 Å². The molecule has 0 atom stereocenters. The Morgan fingerprint density at radius 3 is 2.94 bits per heavy atom. The minimum atomic E-state index is 0.429. The third-order valence-corrected chi connectivity index (χ3v) is 2.47. The van der Waals surface area contributed by atoms with Gasteiger partial charge in [0.15, 0.2) is 5.75 Å². The third kappa shape index (κ3) is 3.30. The molecular formula is C13H18N4O. The SMILES string of the molecule is Cc1cc(Oc2cnccc2CNC(C)C)n[nH]1. The van der Waals surface area contributed by atoms with E-state index in [1.807, 2.05) is 19.1 Å². The lowest BCUT2D eigenvalue weighted by Gasteiger charge is -2.11. The van der Waals surface area contributed by atoms with Gasteiger partial charge in [-0.15, -0.1) is 5.10 Å². The Morgan fingerprint density at radius 1 is 1.44 bits per heavy atom. The van der Waals surface area contributed by atoms with Crippen molar-refractivity contribution in [3.63, 3.8) is 0 Å². The number of ether oxygens (including phenoxy) is 1. The molecular weight excluding hydrogens is 228 g/mol. The van der Waals surface area contributed by atoms with Crippen molar-refractivity contribution in [2.24, 2.45) is 0 Å². The van der Waals surface area contributed by atoms with E-state index in [1.165, 1.54) is 0 Å². The van der Waals surface area contributed by atoms with Crippen LogP contribution in [0.2, 0.25) is 0 Å². The van der Waals surface area contributed by atoms with Crippen LogP contribution in [0.5, 0.6) is 11.6 Å². The monoisotopic (exact) mass is 246 g/mol. The molecule has 96 valence electrons. The summed E-state index contributed by atoms with van der Waals surface area (Å²) < 4.78 is 5.72. The molecule has 0 aliphatic heterocycles. The first-order chi connectivity index (χ1) is 8.65. The standard InChI is InChI=1S/C13H18N4O/c1-9(2)15-7-11-4-5-14-8-12(11)18-13-6-10(3)16-17-13/h4-6,8-9,15H,7H2,1-3H3,(H,16,17). The highest BCUT2D eigenvalue weighted by Crippen LogP contribution is 2.23. The smallest absolute Gasteiger partial charge is 0.238 e. The summed E-state index contributed by atoms with van der Waals surface area (Å²) in [5, 5.41) is 10.3. The van der Waals surface area contributed by atoms with E-state index < -0.39 is 0 Å². The van der Waals surface area contributed by atoms with E-state index in [1.54, 1.807) is 12.4 Å². The zero-order chi connectivity index (χ0) is 13.0. The largest absolute Gasteiger partial charge is 0.436 e. The number of aromatic nitrogens is 3.